The Morgan fingerprint density at radius 1 is 0.646 bits per heavy atom. The minimum absolute atomic E-state index is 0.0631. The number of hydrogen-bond acceptors (Lipinski definition) is 25. The number of rotatable bonds is 16. The number of aliphatic hydroxyl groups excluding tert-OH is 6. The van der Waals surface area contributed by atoms with Gasteiger partial charge in [-0.3, -0.25) is 38.4 Å². The molecule has 602 valence electrons. The van der Waals surface area contributed by atoms with E-state index in [2.05, 4.69) is 42.5 Å². The van der Waals surface area contributed by atoms with E-state index in [1.54, 1.807) is 6.92 Å². The molecule has 16 rings (SSSR count). The highest BCUT2D eigenvalue weighted by Crippen LogP contribution is 2.55. The van der Waals surface area contributed by atoms with Crippen LogP contribution in [-0.4, -0.2) is 183 Å². The number of carbonyl (C=O) groups is 8. The Kier molecular flexibility index (Phi) is 23.5. The standard InChI is InChI=1S/C78H88ClN9O24S/c1-6-108-43-10-12-44(13-11-43)113(106,107)88-57(93)30-49-72(100)83-61-41-26-54(109-52-15-8-37(18-33(52)4)65(94)63(76(104)81-49)86-71(99)48(80-5)17-32(2)3)70(112-78-69(98)68(97)67(96)56(31-89)111-78)55(27-41)110-53-16-9-38(25-47(53)79)66(95)64-77(105)85-62(75(103)82-59-39-20-34-19-35(22-39)23-40(59)21-34)46-28-42(90)29-51(92)58(46)45-24-36(7-14-50(45)91)60(73(101)87-64)84-74(61)102/h7-16,18,24-29,32,34-35,39-40,48-49,56,59-69,78,80,89-92,94-98H,6,17,19-23,30-31H2,1-5H3,(H,81,104)(H,82,103)(H,83,100)(H,84,102)(H,85,105)(H,86,99)(H,87,101)(H,88,93)/t34?,35?,39?,40?,48-,49+,56-,59?,60-,61-,62+,63-,64+,65-,66-,67-,68+,69-,78+/m1/s1. The summed E-state index contributed by atoms with van der Waals surface area (Å²) in [5.41, 5.74) is -2.01. The van der Waals surface area contributed by atoms with E-state index in [0.29, 0.717) is 11.8 Å². The van der Waals surface area contributed by atoms with Gasteiger partial charge in [0.1, 0.15) is 107 Å². The molecule has 6 aromatic rings. The number of nitrogens with one attached hydrogen (secondary N) is 9. The molecule has 0 radical (unpaired) electrons. The predicted octanol–water partition coefficient (Wildman–Crippen LogP) is 2.80. The molecule has 6 heterocycles. The number of aromatic hydroxyl groups is 3. The summed E-state index contributed by atoms with van der Waals surface area (Å²) in [5, 5.41) is 126. The monoisotopic (exact) mass is 1600 g/mol. The lowest BCUT2D eigenvalue weighted by atomic mass is 9.54. The maximum atomic E-state index is 16.4. The Morgan fingerprint density at radius 2 is 1.27 bits per heavy atom. The quantitative estimate of drug-likeness (QED) is 0.0662. The van der Waals surface area contributed by atoms with Crippen LogP contribution in [0.25, 0.3) is 11.1 Å². The molecule has 6 aromatic carbocycles. The molecule has 15 bridgehead atoms. The molecule has 5 fully saturated rings. The number of amides is 8. The maximum Gasteiger partial charge on any atom is 0.264 e. The highest BCUT2D eigenvalue weighted by Gasteiger charge is 2.51. The largest absolute Gasteiger partial charge is 0.508 e. The zero-order chi connectivity index (χ0) is 80.9. The molecule has 0 spiro atoms. The van der Waals surface area contributed by atoms with Gasteiger partial charge < -0.3 is 112 Å². The Hall–Kier alpha value is -10.4. The fourth-order valence-corrected chi connectivity index (χ4v) is 17.7. The third-order valence-electron chi connectivity index (χ3n) is 21.9. The molecule has 113 heavy (non-hydrogen) atoms. The molecule has 10 aliphatic rings. The number of carbonyl (C=O) groups excluding carboxylic acids is 8. The van der Waals surface area contributed by atoms with E-state index in [9.17, 15) is 64.0 Å². The summed E-state index contributed by atoms with van der Waals surface area (Å²) in [5.74, 6) is -13.4. The topological polar surface area (TPSA) is 507 Å². The Balaban J connectivity index is 1.01. The van der Waals surface area contributed by atoms with Crippen molar-refractivity contribution in [1.29, 1.82) is 0 Å². The van der Waals surface area contributed by atoms with Crippen molar-refractivity contribution in [3.05, 3.63) is 142 Å². The third kappa shape index (κ3) is 16.8. The lowest BCUT2D eigenvalue weighted by Gasteiger charge is -2.54. The van der Waals surface area contributed by atoms with Crippen LogP contribution < -0.4 is 66.2 Å². The summed E-state index contributed by atoms with van der Waals surface area (Å²) in [6.45, 7) is 6.05. The molecule has 33 nitrogen and oxygen atoms in total. The van der Waals surface area contributed by atoms with Crippen LogP contribution >= 0.6 is 11.6 Å². The van der Waals surface area contributed by atoms with Crippen LogP contribution in [0.1, 0.15) is 129 Å². The van der Waals surface area contributed by atoms with Gasteiger partial charge in [0.2, 0.25) is 59.3 Å². The van der Waals surface area contributed by atoms with E-state index in [0.717, 1.165) is 92.8 Å². The summed E-state index contributed by atoms with van der Waals surface area (Å²) in [6.07, 6.45) is -10.9. The van der Waals surface area contributed by atoms with Gasteiger partial charge in [-0.05, 0) is 201 Å². The summed E-state index contributed by atoms with van der Waals surface area (Å²) >= 11 is 7.15. The number of halogens is 1. The van der Waals surface area contributed by atoms with Crippen LogP contribution in [0.4, 0.5) is 0 Å². The number of sulfonamides is 1. The number of aryl methyl sites for hydroxylation is 1. The predicted molar refractivity (Wildman–Crippen MR) is 398 cm³/mol. The number of hydrogen-bond donors (Lipinski definition) is 18. The van der Waals surface area contributed by atoms with Gasteiger partial charge in [0.15, 0.2) is 11.5 Å². The van der Waals surface area contributed by atoms with Crippen molar-refractivity contribution in [1.82, 2.24) is 47.3 Å². The number of fused-ring (bicyclic) bond motifs is 15. The van der Waals surface area contributed by atoms with Crippen molar-refractivity contribution in [2.75, 3.05) is 20.3 Å². The van der Waals surface area contributed by atoms with Crippen LogP contribution in [0, 0.1) is 36.5 Å². The van der Waals surface area contributed by atoms with Gasteiger partial charge in [-0.15, -0.1) is 0 Å². The number of phenolic OH excluding ortho intramolecular Hbond substituents is 3. The first-order chi connectivity index (χ1) is 53.8. The van der Waals surface area contributed by atoms with Crippen LogP contribution in [0.3, 0.4) is 0 Å². The van der Waals surface area contributed by atoms with Gasteiger partial charge in [0.05, 0.1) is 35.6 Å². The van der Waals surface area contributed by atoms with Crippen LogP contribution in [0.5, 0.6) is 51.7 Å². The smallest absolute Gasteiger partial charge is 0.264 e. The average Bonchev–Trinajstić information content (AvgIpc) is 0.756. The van der Waals surface area contributed by atoms with E-state index in [-0.39, 0.29) is 93.0 Å². The fraction of sp³-hybridized carbons (Fsp3) is 0.436. The molecule has 18 N–H and O–H groups in total. The molecule has 14 atom stereocenters. The lowest BCUT2D eigenvalue weighted by Crippen LogP contribution is -2.60. The molecular weight excluding hydrogens is 1510 g/mol. The molecule has 4 aliphatic carbocycles. The first-order valence-electron chi connectivity index (χ1n) is 37.0. The first kappa shape index (κ1) is 80.6. The van der Waals surface area contributed by atoms with Crippen LogP contribution in [-0.2, 0) is 53.1 Å². The normalized spacial score (nSPS) is 28.3. The summed E-state index contributed by atoms with van der Waals surface area (Å²) in [7, 11) is -3.39. The molecule has 8 amide bonds. The maximum absolute atomic E-state index is 16.4. The second-order valence-corrected chi connectivity index (χ2v) is 32.2. The van der Waals surface area contributed by atoms with Crippen molar-refractivity contribution in [2.24, 2.45) is 29.6 Å². The number of aliphatic hydroxyl groups is 6. The number of benzene rings is 6. The molecule has 0 aromatic heterocycles. The van der Waals surface area contributed by atoms with Crippen LogP contribution in [0.15, 0.2) is 108 Å². The van der Waals surface area contributed by atoms with E-state index in [4.69, 9.17) is 35.3 Å². The highest BCUT2D eigenvalue weighted by molar-refractivity contribution is 7.90. The zero-order valence-corrected chi connectivity index (χ0v) is 63.2. The number of phenols is 3. The average molecular weight is 1600 g/mol. The van der Waals surface area contributed by atoms with Crippen molar-refractivity contribution in [3.8, 4) is 62.9 Å². The zero-order valence-electron chi connectivity index (χ0n) is 61.7. The van der Waals surface area contributed by atoms with E-state index >= 15 is 28.8 Å². The molecule has 6 aliphatic heterocycles. The van der Waals surface area contributed by atoms with Crippen LogP contribution in [0.2, 0.25) is 5.02 Å². The van der Waals surface area contributed by atoms with Gasteiger partial charge in [-0.25, -0.2) is 13.1 Å². The SMILES string of the molecule is CCOc1ccc(S(=O)(=O)NC(=O)C[C@@H]2NC(=O)[C@H](NC(=O)[C@@H](CC(C)C)NC)[C@H](O)c3ccc(c(C)c3)Oc3cc4cc(c3O[C@@H]3O[C@H](CO)[C@@H](O)[C@H](O)[C@H]3O)Oc3ccc(cc3Cl)[C@@H](O)[C@@H]3NC(=O)[C@H](NC(=O)[C@@H]4NC2=O)c2ccc(O)c(c2)-c2c(O)cc(O)cc2[C@@H](C(=O)NC2C4CC5CC(C4)CC2C5)NC3=O)cc1. The summed E-state index contributed by atoms with van der Waals surface area (Å²) in [4.78, 5) is 123. The Labute approximate surface area is 652 Å². The summed E-state index contributed by atoms with van der Waals surface area (Å²) in [6, 6.07) is 4.95. The Bertz CT molecular complexity index is 4810. The van der Waals surface area contributed by atoms with E-state index in [1.165, 1.54) is 56.4 Å². The second-order valence-electron chi connectivity index (χ2n) is 30.1. The third-order valence-corrected chi connectivity index (χ3v) is 23.6. The second kappa shape index (κ2) is 33.0. The van der Waals surface area contributed by atoms with Gasteiger partial charge in [-0.2, -0.15) is 0 Å². The summed E-state index contributed by atoms with van der Waals surface area (Å²) < 4.78 is 61.0. The molecule has 1 saturated heterocycles. The van der Waals surface area contributed by atoms with Gasteiger partial charge in [-0.1, -0.05) is 43.6 Å². The highest BCUT2D eigenvalue weighted by atomic mass is 35.5. The van der Waals surface area contributed by atoms with E-state index < -0.39 is 205 Å². The van der Waals surface area contributed by atoms with E-state index in [1.807, 2.05) is 18.6 Å². The molecule has 0 unspecified atom stereocenters. The van der Waals surface area contributed by atoms with Gasteiger partial charge in [0, 0.05) is 23.2 Å². The van der Waals surface area contributed by atoms with Crippen molar-refractivity contribution >= 4 is 68.9 Å². The van der Waals surface area contributed by atoms with Crippen molar-refractivity contribution < 1.29 is 116 Å². The molecule has 35 heteroatoms. The lowest BCUT2D eigenvalue weighted by molar-refractivity contribution is -0.277. The van der Waals surface area contributed by atoms with Crippen molar-refractivity contribution in [3.63, 3.8) is 0 Å². The van der Waals surface area contributed by atoms with Crippen molar-refractivity contribution in [2.45, 2.75) is 169 Å². The molecule has 4 saturated carbocycles. The minimum atomic E-state index is -4.86. The van der Waals surface area contributed by atoms with Gasteiger partial charge in [0.25, 0.3) is 10.0 Å². The molecular formula is C78H88ClN9O24S. The number of likely N-dealkylation sites (N-methyl/N-ethyl adjacent to an activating group) is 1. The Morgan fingerprint density at radius 3 is 1.91 bits per heavy atom. The minimum Gasteiger partial charge on any atom is -0.508 e. The van der Waals surface area contributed by atoms with Gasteiger partial charge >= 0.3 is 0 Å². The number of ether oxygens (including phenoxy) is 5. The fourth-order valence-electron chi connectivity index (χ4n) is 16.5. The first-order valence-corrected chi connectivity index (χ1v) is 38.9.